The van der Waals surface area contributed by atoms with Gasteiger partial charge >= 0.3 is 0 Å². The molecule has 0 atom stereocenters. The normalized spacial score (nSPS) is 13.4. The molecule has 0 aliphatic carbocycles. The molecular formula is C17H15NO2. The molecule has 3 heteroatoms. The Hall–Kier alpha value is -2.42. The number of carbonyl (C=O) groups is 2. The van der Waals surface area contributed by atoms with Crippen molar-refractivity contribution < 1.29 is 9.59 Å². The number of carbonyl (C=O) groups excluding carboxylic acids is 2. The summed E-state index contributed by atoms with van der Waals surface area (Å²) in [4.78, 5) is 25.9. The first-order valence-corrected chi connectivity index (χ1v) is 6.67. The third-order valence-corrected chi connectivity index (χ3v) is 3.51. The lowest BCUT2D eigenvalue weighted by atomic mass is 10.1. The van der Waals surface area contributed by atoms with Gasteiger partial charge in [-0.2, -0.15) is 0 Å². The van der Waals surface area contributed by atoms with E-state index in [0.29, 0.717) is 13.0 Å². The molecular weight excluding hydrogens is 250 g/mol. The van der Waals surface area contributed by atoms with E-state index >= 15 is 0 Å². The number of rotatable bonds is 4. The smallest absolute Gasteiger partial charge is 0.254 e. The standard InChI is InChI=1S/C17H15NO2/c19-15(10-13-6-2-1-3-7-13)12-18-11-14-8-4-5-9-16(14)17(18)20/h1-9H,10-12H2. The average Bonchev–Trinajstić information content (AvgIpc) is 2.77. The summed E-state index contributed by atoms with van der Waals surface area (Å²) in [5, 5.41) is 0. The van der Waals surface area contributed by atoms with E-state index in [1.165, 1.54) is 0 Å². The molecule has 1 amide bonds. The molecule has 1 aliphatic heterocycles. The van der Waals surface area contributed by atoms with Crippen LogP contribution in [-0.4, -0.2) is 23.1 Å². The van der Waals surface area contributed by atoms with Crippen molar-refractivity contribution in [3.8, 4) is 0 Å². The van der Waals surface area contributed by atoms with Gasteiger partial charge in [-0.25, -0.2) is 0 Å². The highest BCUT2D eigenvalue weighted by Crippen LogP contribution is 2.22. The van der Waals surface area contributed by atoms with E-state index in [9.17, 15) is 9.59 Å². The van der Waals surface area contributed by atoms with E-state index in [4.69, 9.17) is 0 Å². The van der Waals surface area contributed by atoms with Crippen molar-refractivity contribution in [3.05, 3.63) is 71.3 Å². The van der Waals surface area contributed by atoms with Gasteiger partial charge in [0.25, 0.3) is 5.91 Å². The summed E-state index contributed by atoms with van der Waals surface area (Å²) in [7, 11) is 0. The Morgan fingerprint density at radius 2 is 1.70 bits per heavy atom. The summed E-state index contributed by atoms with van der Waals surface area (Å²) >= 11 is 0. The van der Waals surface area contributed by atoms with Gasteiger partial charge in [0.1, 0.15) is 0 Å². The molecule has 0 radical (unpaired) electrons. The average molecular weight is 265 g/mol. The lowest BCUT2D eigenvalue weighted by Crippen LogP contribution is -2.30. The molecule has 2 aromatic carbocycles. The zero-order valence-electron chi connectivity index (χ0n) is 11.1. The highest BCUT2D eigenvalue weighted by molar-refractivity contribution is 6.00. The third kappa shape index (κ3) is 2.48. The van der Waals surface area contributed by atoms with Crippen LogP contribution in [0.2, 0.25) is 0 Å². The van der Waals surface area contributed by atoms with Crippen molar-refractivity contribution in [2.45, 2.75) is 13.0 Å². The van der Waals surface area contributed by atoms with E-state index in [0.717, 1.165) is 16.7 Å². The topological polar surface area (TPSA) is 37.4 Å². The molecule has 0 aromatic heterocycles. The van der Waals surface area contributed by atoms with Crippen LogP contribution in [0.3, 0.4) is 0 Å². The number of hydrogen-bond donors (Lipinski definition) is 0. The maximum Gasteiger partial charge on any atom is 0.254 e. The fourth-order valence-electron chi connectivity index (χ4n) is 2.53. The number of amides is 1. The van der Waals surface area contributed by atoms with Gasteiger partial charge in [0.2, 0.25) is 0 Å². The Kier molecular flexibility index (Phi) is 3.33. The molecule has 0 saturated carbocycles. The van der Waals surface area contributed by atoms with Gasteiger partial charge in [-0.05, 0) is 17.2 Å². The molecule has 3 rings (SSSR count). The molecule has 20 heavy (non-hydrogen) atoms. The fraction of sp³-hybridized carbons (Fsp3) is 0.176. The van der Waals surface area contributed by atoms with Crippen molar-refractivity contribution in [2.75, 3.05) is 6.54 Å². The number of fused-ring (bicyclic) bond motifs is 1. The first-order chi connectivity index (χ1) is 9.74. The minimum atomic E-state index is -0.0398. The summed E-state index contributed by atoms with van der Waals surface area (Å²) in [6.07, 6.45) is 0.376. The molecule has 2 aromatic rings. The molecule has 1 aliphatic rings. The summed E-state index contributed by atoms with van der Waals surface area (Å²) in [5.74, 6) is 0.0272. The van der Waals surface area contributed by atoms with E-state index < -0.39 is 0 Å². The highest BCUT2D eigenvalue weighted by atomic mass is 16.2. The quantitative estimate of drug-likeness (QED) is 0.851. The van der Waals surface area contributed by atoms with Gasteiger partial charge < -0.3 is 4.90 Å². The van der Waals surface area contributed by atoms with Crippen LogP contribution in [0.5, 0.6) is 0 Å². The zero-order valence-corrected chi connectivity index (χ0v) is 11.1. The third-order valence-electron chi connectivity index (χ3n) is 3.51. The molecule has 0 fully saturated rings. The SMILES string of the molecule is O=C(Cc1ccccc1)CN1Cc2ccccc2C1=O. The van der Waals surface area contributed by atoms with Crippen molar-refractivity contribution in [2.24, 2.45) is 0 Å². The van der Waals surface area contributed by atoms with Gasteiger partial charge in [-0.15, -0.1) is 0 Å². The second kappa shape index (κ2) is 5.29. The maximum atomic E-state index is 12.2. The van der Waals surface area contributed by atoms with E-state index in [2.05, 4.69) is 0 Å². The van der Waals surface area contributed by atoms with Crippen molar-refractivity contribution in [3.63, 3.8) is 0 Å². The van der Waals surface area contributed by atoms with Crippen LogP contribution in [-0.2, 0) is 17.8 Å². The highest BCUT2D eigenvalue weighted by Gasteiger charge is 2.27. The fourth-order valence-corrected chi connectivity index (χ4v) is 2.53. The van der Waals surface area contributed by atoms with E-state index in [-0.39, 0.29) is 18.2 Å². The lowest BCUT2D eigenvalue weighted by Gasteiger charge is -2.14. The maximum absolute atomic E-state index is 12.2. The van der Waals surface area contributed by atoms with Crippen molar-refractivity contribution >= 4 is 11.7 Å². The number of ketones is 1. The lowest BCUT2D eigenvalue weighted by molar-refractivity contribution is -0.119. The Bertz CT molecular complexity index is 649. The monoisotopic (exact) mass is 265 g/mol. The zero-order chi connectivity index (χ0) is 13.9. The van der Waals surface area contributed by atoms with Gasteiger partial charge in [0, 0.05) is 18.5 Å². The van der Waals surface area contributed by atoms with Gasteiger partial charge in [-0.1, -0.05) is 48.5 Å². The molecule has 0 bridgehead atoms. The van der Waals surface area contributed by atoms with Crippen LogP contribution in [0, 0.1) is 0 Å². The molecule has 1 heterocycles. The second-order valence-corrected chi connectivity index (χ2v) is 5.02. The minimum Gasteiger partial charge on any atom is -0.327 e. The van der Waals surface area contributed by atoms with Gasteiger partial charge in [0.05, 0.1) is 6.54 Å². The molecule has 0 N–H and O–H groups in total. The van der Waals surface area contributed by atoms with Crippen molar-refractivity contribution in [1.29, 1.82) is 0 Å². The molecule has 0 saturated heterocycles. The molecule has 0 unspecified atom stereocenters. The van der Waals surface area contributed by atoms with Crippen LogP contribution in [0.15, 0.2) is 54.6 Å². The van der Waals surface area contributed by atoms with Crippen LogP contribution < -0.4 is 0 Å². The Morgan fingerprint density at radius 1 is 1.00 bits per heavy atom. The largest absolute Gasteiger partial charge is 0.327 e. The first kappa shape index (κ1) is 12.6. The van der Waals surface area contributed by atoms with Crippen LogP contribution in [0.25, 0.3) is 0 Å². The predicted octanol–water partition coefficient (Wildman–Crippen LogP) is 2.45. The van der Waals surface area contributed by atoms with E-state index in [1.54, 1.807) is 4.90 Å². The predicted molar refractivity (Wildman–Crippen MR) is 76.3 cm³/mol. The summed E-state index contributed by atoms with van der Waals surface area (Å²) in [6.45, 7) is 0.720. The van der Waals surface area contributed by atoms with Gasteiger partial charge in [0.15, 0.2) is 5.78 Å². The molecule has 100 valence electrons. The number of Topliss-reactive ketones (excluding diaryl/α,β-unsaturated/α-hetero) is 1. The van der Waals surface area contributed by atoms with E-state index in [1.807, 2.05) is 54.6 Å². The molecule has 3 nitrogen and oxygen atoms in total. The Labute approximate surface area is 117 Å². The van der Waals surface area contributed by atoms with Crippen LogP contribution >= 0.6 is 0 Å². The summed E-state index contributed by atoms with van der Waals surface area (Å²) in [5.41, 5.74) is 2.71. The van der Waals surface area contributed by atoms with Gasteiger partial charge in [-0.3, -0.25) is 9.59 Å². The number of nitrogens with zero attached hydrogens (tertiary/aromatic N) is 1. The van der Waals surface area contributed by atoms with Crippen molar-refractivity contribution in [1.82, 2.24) is 4.90 Å². The summed E-state index contributed by atoms with van der Waals surface area (Å²) in [6, 6.07) is 17.1. The number of benzene rings is 2. The Balaban J connectivity index is 1.65. The van der Waals surface area contributed by atoms with Crippen LogP contribution in [0.4, 0.5) is 0 Å². The Morgan fingerprint density at radius 3 is 2.45 bits per heavy atom. The minimum absolute atomic E-state index is 0.0398. The molecule has 0 spiro atoms. The van der Waals surface area contributed by atoms with Crippen LogP contribution in [0.1, 0.15) is 21.5 Å². The number of hydrogen-bond acceptors (Lipinski definition) is 2. The first-order valence-electron chi connectivity index (χ1n) is 6.67. The second-order valence-electron chi connectivity index (χ2n) is 5.02. The summed E-state index contributed by atoms with van der Waals surface area (Å²) < 4.78 is 0.